The summed E-state index contributed by atoms with van der Waals surface area (Å²) in [6, 6.07) is 1.93. The van der Waals surface area contributed by atoms with Crippen LogP contribution in [0.3, 0.4) is 0 Å². The standard InChI is InChI=1S/C13H15BrN2O2.K/c1-7-5-9-10(13(2,3)4)8(12(17)18)6-15-16(9)11(7)14;/h5-6H,1-4H3,(H,17,18);/q;+1/p-1. The Morgan fingerprint density at radius 1 is 1.42 bits per heavy atom. The van der Waals surface area contributed by atoms with Crippen LogP contribution in [0.15, 0.2) is 16.9 Å². The fraction of sp³-hybridized carbons (Fsp3) is 0.385. The van der Waals surface area contributed by atoms with E-state index in [-0.39, 0.29) is 62.4 Å². The second-order valence-electron chi connectivity index (χ2n) is 5.39. The Kier molecular flexibility index (Phi) is 5.43. The molecule has 0 fully saturated rings. The molecule has 96 valence electrons. The summed E-state index contributed by atoms with van der Waals surface area (Å²) < 4.78 is 2.55. The number of nitrogens with zero attached hydrogens (tertiary/aromatic N) is 2. The number of aromatic carboxylic acids is 1. The number of hydrogen-bond donors (Lipinski definition) is 0. The van der Waals surface area contributed by atoms with Crippen LogP contribution in [0, 0.1) is 6.92 Å². The van der Waals surface area contributed by atoms with Crippen molar-refractivity contribution in [3.05, 3.63) is 33.6 Å². The van der Waals surface area contributed by atoms with E-state index < -0.39 is 5.97 Å². The molecule has 0 saturated carbocycles. The molecule has 0 aliphatic heterocycles. The van der Waals surface area contributed by atoms with Gasteiger partial charge >= 0.3 is 51.4 Å². The first-order valence-corrected chi connectivity index (χ1v) is 6.41. The van der Waals surface area contributed by atoms with Gasteiger partial charge < -0.3 is 9.90 Å². The zero-order valence-corrected chi connectivity index (χ0v) is 16.5. The predicted molar refractivity (Wildman–Crippen MR) is 70.7 cm³/mol. The van der Waals surface area contributed by atoms with Crippen LogP contribution in [-0.2, 0) is 5.41 Å². The third kappa shape index (κ3) is 3.14. The van der Waals surface area contributed by atoms with Crippen molar-refractivity contribution in [3.63, 3.8) is 0 Å². The van der Waals surface area contributed by atoms with Crippen molar-refractivity contribution < 1.29 is 61.3 Å². The molecule has 6 heteroatoms. The van der Waals surface area contributed by atoms with Crippen LogP contribution in [-0.4, -0.2) is 15.6 Å². The van der Waals surface area contributed by atoms with E-state index in [4.69, 9.17) is 0 Å². The molecular weight excluding hydrogens is 335 g/mol. The molecule has 0 spiro atoms. The van der Waals surface area contributed by atoms with Crippen LogP contribution in [0.4, 0.5) is 0 Å². The molecule has 0 aromatic carbocycles. The molecule has 0 radical (unpaired) electrons. The third-order valence-corrected chi connectivity index (χ3v) is 3.85. The van der Waals surface area contributed by atoms with E-state index in [1.165, 1.54) is 6.20 Å². The van der Waals surface area contributed by atoms with Crippen molar-refractivity contribution in [3.8, 4) is 0 Å². The van der Waals surface area contributed by atoms with E-state index >= 15 is 0 Å². The molecule has 0 amide bonds. The molecule has 2 rings (SSSR count). The number of carboxylic acid groups (broad SMARTS) is 1. The van der Waals surface area contributed by atoms with Gasteiger partial charge in [0, 0.05) is 5.56 Å². The Morgan fingerprint density at radius 3 is 2.47 bits per heavy atom. The molecule has 2 aromatic heterocycles. The van der Waals surface area contributed by atoms with Crippen molar-refractivity contribution in [1.29, 1.82) is 0 Å². The van der Waals surface area contributed by atoms with Crippen LogP contribution in [0.1, 0.15) is 42.3 Å². The van der Waals surface area contributed by atoms with Gasteiger partial charge in [0.15, 0.2) is 0 Å². The van der Waals surface area contributed by atoms with E-state index in [0.717, 1.165) is 21.2 Å². The molecule has 0 aliphatic carbocycles. The largest absolute Gasteiger partial charge is 1.00 e. The maximum atomic E-state index is 11.2. The number of aryl methyl sites for hydroxylation is 1. The number of aromatic nitrogens is 2. The second-order valence-corrected chi connectivity index (χ2v) is 6.14. The predicted octanol–water partition coefficient (Wildman–Crippen LogP) is -0.930. The Morgan fingerprint density at radius 2 is 2.00 bits per heavy atom. The molecule has 4 nitrogen and oxygen atoms in total. The second kappa shape index (κ2) is 5.95. The first kappa shape index (κ1) is 17.3. The Hall–Kier alpha value is 0.276. The zero-order valence-electron chi connectivity index (χ0n) is 11.7. The van der Waals surface area contributed by atoms with Crippen molar-refractivity contribution in [2.45, 2.75) is 33.1 Å². The van der Waals surface area contributed by atoms with Gasteiger partial charge in [-0.15, -0.1) is 0 Å². The SMILES string of the molecule is Cc1cc2c(C(C)(C)C)c(C(=O)[O-])cnn2c1Br.[K+]. The Bertz CT molecular complexity index is 644. The summed E-state index contributed by atoms with van der Waals surface area (Å²) in [4.78, 5) is 11.2. The average molecular weight is 349 g/mol. The number of halogens is 1. The molecule has 0 unspecified atom stereocenters. The topological polar surface area (TPSA) is 57.4 Å². The quantitative estimate of drug-likeness (QED) is 0.625. The van der Waals surface area contributed by atoms with Gasteiger partial charge in [-0.05, 0) is 45.5 Å². The van der Waals surface area contributed by atoms with Crippen LogP contribution < -0.4 is 56.5 Å². The average Bonchev–Trinajstić information content (AvgIpc) is 2.52. The van der Waals surface area contributed by atoms with Gasteiger partial charge in [-0.3, -0.25) is 0 Å². The van der Waals surface area contributed by atoms with E-state index in [1.54, 1.807) is 4.52 Å². The number of hydrogen-bond acceptors (Lipinski definition) is 3. The summed E-state index contributed by atoms with van der Waals surface area (Å²) in [7, 11) is 0. The van der Waals surface area contributed by atoms with E-state index in [9.17, 15) is 9.90 Å². The smallest absolute Gasteiger partial charge is 0.545 e. The van der Waals surface area contributed by atoms with Gasteiger partial charge in [0.1, 0.15) is 4.60 Å². The summed E-state index contributed by atoms with van der Waals surface area (Å²) in [6.45, 7) is 7.88. The molecule has 0 N–H and O–H groups in total. The summed E-state index contributed by atoms with van der Waals surface area (Å²) in [5.41, 5.74) is 2.41. The molecular formula is C13H14BrKN2O2. The fourth-order valence-electron chi connectivity index (χ4n) is 2.15. The van der Waals surface area contributed by atoms with Gasteiger partial charge in [0.25, 0.3) is 0 Å². The number of carbonyl (C=O) groups excluding carboxylic acids is 1. The van der Waals surface area contributed by atoms with E-state index in [1.807, 2.05) is 33.8 Å². The molecule has 0 saturated heterocycles. The van der Waals surface area contributed by atoms with Crippen molar-refractivity contribution in [2.24, 2.45) is 0 Å². The summed E-state index contributed by atoms with van der Waals surface area (Å²) in [5, 5.41) is 15.4. The molecule has 0 aliphatic rings. The molecule has 2 heterocycles. The molecule has 19 heavy (non-hydrogen) atoms. The monoisotopic (exact) mass is 348 g/mol. The molecule has 0 bridgehead atoms. The number of rotatable bonds is 1. The Balaban J connectivity index is 0.00000180. The number of carboxylic acids is 1. The van der Waals surface area contributed by atoms with Crippen LogP contribution in [0.25, 0.3) is 5.52 Å². The van der Waals surface area contributed by atoms with Crippen molar-refractivity contribution in [2.75, 3.05) is 0 Å². The first-order valence-electron chi connectivity index (χ1n) is 5.62. The summed E-state index contributed by atoms with van der Waals surface area (Å²) in [5.74, 6) is -1.19. The van der Waals surface area contributed by atoms with E-state index in [0.29, 0.717) is 0 Å². The van der Waals surface area contributed by atoms with Gasteiger partial charge in [0.2, 0.25) is 0 Å². The van der Waals surface area contributed by atoms with Crippen LogP contribution >= 0.6 is 15.9 Å². The third-order valence-electron chi connectivity index (χ3n) is 2.89. The minimum Gasteiger partial charge on any atom is -0.545 e. The van der Waals surface area contributed by atoms with Gasteiger partial charge in [0.05, 0.1) is 17.7 Å². The van der Waals surface area contributed by atoms with E-state index in [2.05, 4.69) is 21.0 Å². The zero-order chi connectivity index (χ0) is 13.7. The van der Waals surface area contributed by atoms with Crippen molar-refractivity contribution >= 4 is 27.4 Å². The minimum absolute atomic E-state index is 0. The normalized spacial score (nSPS) is 11.4. The number of fused-ring (bicyclic) bond motifs is 1. The summed E-state index contributed by atoms with van der Waals surface area (Å²) >= 11 is 3.45. The van der Waals surface area contributed by atoms with Gasteiger partial charge in [-0.25, -0.2) is 4.52 Å². The maximum Gasteiger partial charge on any atom is 1.00 e. The molecule has 2 aromatic rings. The van der Waals surface area contributed by atoms with Gasteiger partial charge in [-0.2, -0.15) is 5.10 Å². The van der Waals surface area contributed by atoms with Crippen LogP contribution in [0.2, 0.25) is 0 Å². The minimum atomic E-state index is -1.19. The first-order chi connectivity index (χ1) is 8.23. The summed E-state index contributed by atoms with van der Waals surface area (Å²) in [6.07, 6.45) is 1.35. The fourth-order valence-corrected chi connectivity index (χ4v) is 2.55. The molecule has 0 atom stereocenters. The number of carbonyl (C=O) groups is 1. The van der Waals surface area contributed by atoms with Crippen LogP contribution in [0.5, 0.6) is 0 Å². The van der Waals surface area contributed by atoms with Gasteiger partial charge in [-0.1, -0.05) is 20.8 Å². The maximum absolute atomic E-state index is 11.2. The van der Waals surface area contributed by atoms with Crippen molar-refractivity contribution in [1.82, 2.24) is 9.61 Å². The Labute approximate surface area is 163 Å².